The average Bonchev–Trinajstić information content (AvgIpc) is 3.37. The number of pyridine rings is 1. The van der Waals surface area contributed by atoms with Gasteiger partial charge in [-0.05, 0) is 56.6 Å². The molecule has 1 aromatic heterocycles. The predicted octanol–water partition coefficient (Wildman–Crippen LogP) is 4.67. The van der Waals surface area contributed by atoms with Crippen molar-refractivity contribution in [3.8, 4) is 6.07 Å². The van der Waals surface area contributed by atoms with Crippen LogP contribution in [0.15, 0.2) is 9.70 Å². The number of carbonyl (C=O) groups excluding carboxylic acids is 1. The summed E-state index contributed by atoms with van der Waals surface area (Å²) in [5.41, 5.74) is 1.32. The topological polar surface area (TPSA) is 69.3 Å². The lowest BCUT2D eigenvalue weighted by Gasteiger charge is -2.38. The van der Waals surface area contributed by atoms with Crippen molar-refractivity contribution in [1.82, 2.24) is 9.47 Å². The standard InChI is InChI=1S/C25H32N4O2S2/c1-5-28-22(27-13-15(2)10-16(3)14-27)19(17(4)20(12-26)23(28)30)11-21-24(31)29(25(32)33-21)18-8-6-7-9-18/h11,15-16,18H,5-10,13-14H2,1-4H3/b21-11-. The minimum atomic E-state index is -0.256. The molecule has 8 heteroatoms. The molecule has 176 valence electrons. The van der Waals surface area contributed by atoms with Gasteiger partial charge in [0, 0.05) is 31.2 Å². The van der Waals surface area contributed by atoms with Crippen molar-refractivity contribution in [2.24, 2.45) is 11.8 Å². The van der Waals surface area contributed by atoms with Crippen LogP contribution in [-0.4, -0.2) is 38.8 Å². The first-order valence-corrected chi connectivity index (χ1v) is 13.2. The molecule has 1 saturated carbocycles. The number of aromatic nitrogens is 1. The zero-order chi connectivity index (χ0) is 23.9. The van der Waals surface area contributed by atoms with Gasteiger partial charge in [0.2, 0.25) is 0 Å². The summed E-state index contributed by atoms with van der Waals surface area (Å²) in [6.07, 6.45) is 7.27. The second-order valence-electron chi connectivity index (χ2n) is 9.74. The van der Waals surface area contributed by atoms with Crippen molar-refractivity contribution < 1.29 is 4.79 Å². The number of amides is 1. The first-order valence-electron chi connectivity index (χ1n) is 12.0. The van der Waals surface area contributed by atoms with E-state index in [-0.39, 0.29) is 23.1 Å². The maximum Gasteiger partial charge on any atom is 0.270 e. The van der Waals surface area contributed by atoms with Crippen LogP contribution in [0.2, 0.25) is 0 Å². The number of anilines is 1. The Balaban J connectivity index is 1.87. The van der Waals surface area contributed by atoms with Gasteiger partial charge in [-0.3, -0.25) is 19.1 Å². The largest absolute Gasteiger partial charge is 0.357 e. The molecule has 1 aliphatic carbocycles. The molecule has 3 aliphatic rings. The van der Waals surface area contributed by atoms with Crippen LogP contribution >= 0.6 is 24.0 Å². The Morgan fingerprint density at radius 3 is 2.39 bits per heavy atom. The molecule has 33 heavy (non-hydrogen) atoms. The molecule has 1 aromatic rings. The monoisotopic (exact) mass is 484 g/mol. The summed E-state index contributed by atoms with van der Waals surface area (Å²) in [4.78, 5) is 31.2. The van der Waals surface area contributed by atoms with Crippen LogP contribution in [0.1, 0.15) is 69.6 Å². The van der Waals surface area contributed by atoms with Gasteiger partial charge in [-0.1, -0.05) is 50.7 Å². The van der Waals surface area contributed by atoms with E-state index in [9.17, 15) is 14.9 Å². The van der Waals surface area contributed by atoms with Crippen LogP contribution in [0.3, 0.4) is 0 Å². The second kappa shape index (κ2) is 9.63. The van der Waals surface area contributed by atoms with E-state index in [1.807, 2.05) is 19.9 Å². The number of hydrogen-bond donors (Lipinski definition) is 0. The summed E-state index contributed by atoms with van der Waals surface area (Å²) < 4.78 is 2.32. The van der Waals surface area contributed by atoms with Crippen LogP contribution in [0.5, 0.6) is 0 Å². The molecule has 4 rings (SSSR count). The number of hydrogen-bond acceptors (Lipinski definition) is 6. The molecule has 0 N–H and O–H groups in total. The second-order valence-corrected chi connectivity index (χ2v) is 11.4. The Bertz CT molecular complexity index is 1100. The molecular formula is C25H32N4O2S2. The normalized spacial score (nSPS) is 25.4. The summed E-state index contributed by atoms with van der Waals surface area (Å²) in [5, 5.41) is 9.77. The molecule has 0 bridgehead atoms. The van der Waals surface area contributed by atoms with Gasteiger partial charge >= 0.3 is 0 Å². The number of thiocarbonyl (C=S) groups is 1. The lowest BCUT2D eigenvalue weighted by atomic mass is 9.91. The van der Waals surface area contributed by atoms with Crippen molar-refractivity contribution >= 4 is 46.1 Å². The number of carbonyl (C=O) groups is 1. The Morgan fingerprint density at radius 1 is 1.18 bits per heavy atom. The van der Waals surface area contributed by atoms with Gasteiger partial charge in [0.05, 0.1) is 4.91 Å². The Hall–Kier alpha value is -2.11. The first-order chi connectivity index (χ1) is 15.8. The third kappa shape index (κ3) is 4.38. The zero-order valence-electron chi connectivity index (χ0n) is 19.9. The maximum absolute atomic E-state index is 13.4. The van der Waals surface area contributed by atoms with Gasteiger partial charge in [-0.15, -0.1) is 0 Å². The van der Waals surface area contributed by atoms with E-state index >= 15 is 0 Å². The SMILES string of the molecule is CCn1c(N2CC(C)CC(C)C2)c(/C=C2\SC(=S)N(C3CCCC3)C2=O)c(C)c(C#N)c1=O. The fourth-order valence-electron chi connectivity index (χ4n) is 5.70. The molecule has 3 fully saturated rings. The third-order valence-corrected chi connectivity index (χ3v) is 8.45. The molecule has 2 atom stereocenters. The summed E-state index contributed by atoms with van der Waals surface area (Å²) in [7, 11) is 0. The van der Waals surface area contributed by atoms with Crippen molar-refractivity contribution in [2.45, 2.75) is 72.4 Å². The smallest absolute Gasteiger partial charge is 0.270 e. The van der Waals surface area contributed by atoms with Crippen molar-refractivity contribution in [3.63, 3.8) is 0 Å². The molecule has 0 aromatic carbocycles. The molecule has 0 spiro atoms. The van der Waals surface area contributed by atoms with Crippen molar-refractivity contribution in [3.05, 3.63) is 31.9 Å². The minimum absolute atomic E-state index is 0.0459. The molecule has 2 unspecified atom stereocenters. The highest BCUT2D eigenvalue weighted by Crippen LogP contribution is 2.40. The highest BCUT2D eigenvalue weighted by atomic mass is 32.2. The van der Waals surface area contributed by atoms with E-state index in [0.29, 0.717) is 33.2 Å². The molecular weight excluding hydrogens is 452 g/mol. The van der Waals surface area contributed by atoms with Crippen molar-refractivity contribution in [1.29, 1.82) is 5.26 Å². The highest BCUT2D eigenvalue weighted by Gasteiger charge is 2.39. The van der Waals surface area contributed by atoms with Crippen LogP contribution in [0, 0.1) is 30.1 Å². The quantitative estimate of drug-likeness (QED) is 0.457. The van der Waals surface area contributed by atoms with Gasteiger partial charge in [0.1, 0.15) is 21.8 Å². The third-order valence-electron chi connectivity index (χ3n) is 7.12. The average molecular weight is 485 g/mol. The summed E-state index contributed by atoms with van der Waals surface area (Å²) in [6.45, 7) is 10.4. The Kier molecular flexibility index (Phi) is 7.01. The van der Waals surface area contributed by atoms with Crippen LogP contribution in [0.25, 0.3) is 6.08 Å². The first kappa shape index (κ1) is 24.0. The van der Waals surface area contributed by atoms with Gasteiger partial charge < -0.3 is 4.90 Å². The highest BCUT2D eigenvalue weighted by molar-refractivity contribution is 8.26. The van der Waals surface area contributed by atoms with Gasteiger partial charge in [0.25, 0.3) is 11.5 Å². The van der Waals surface area contributed by atoms with Gasteiger partial charge in [0.15, 0.2) is 0 Å². The zero-order valence-corrected chi connectivity index (χ0v) is 21.5. The fourth-order valence-corrected chi connectivity index (χ4v) is 7.08. The molecule has 2 aliphatic heterocycles. The summed E-state index contributed by atoms with van der Waals surface area (Å²) in [6, 6.07) is 2.30. The number of nitriles is 1. The Morgan fingerprint density at radius 2 is 1.82 bits per heavy atom. The molecule has 0 radical (unpaired) electrons. The summed E-state index contributed by atoms with van der Waals surface area (Å²) >= 11 is 6.94. The lowest BCUT2D eigenvalue weighted by Crippen LogP contribution is -2.43. The molecule has 3 heterocycles. The van der Waals surface area contributed by atoms with E-state index in [0.717, 1.165) is 56.6 Å². The predicted molar refractivity (Wildman–Crippen MR) is 138 cm³/mol. The van der Waals surface area contributed by atoms with E-state index in [1.54, 1.807) is 9.47 Å². The number of rotatable bonds is 4. The fraction of sp³-hybridized carbons (Fsp3) is 0.600. The number of thioether (sulfide) groups is 1. The van der Waals surface area contributed by atoms with Gasteiger partial charge in [-0.25, -0.2) is 0 Å². The van der Waals surface area contributed by atoms with Crippen molar-refractivity contribution in [2.75, 3.05) is 18.0 Å². The Labute approximate surface area is 205 Å². The lowest BCUT2D eigenvalue weighted by molar-refractivity contribution is -0.123. The number of nitrogens with zero attached hydrogens (tertiary/aromatic N) is 4. The van der Waals surface area contributed by atoms with E-state index in [4.69, 9.17) is 12.2 Å². The molecule has 2 saturated heterocycles. The number of piperidine rings is 1. The maximum atomic E-state index is 13.4. The van der Waals surface area contributed by atoms with Crippen LogP contribution < -0.4 is 10.5 Å². The van der Waals surface area contributed by atoms with E-state index in [1.165, 1.54) is 11.8 Å². The molecule has 6 nitrogen and oxygen atoms in total. The van der Waals surface area contributed by atoms with E-state index < -0.39 is 0 Å². The minimum Gasteiger partial charge on any atom is -0.357 e. The van der Waals surface area contributed by atoms with Gasteiger partial charge in [-0.2, -0.15) is 5.26 Å². The summed E-state index contributed by atoms with van der Waals surface area (Å²) in [5.74, 6) is 1.77. The van der Waals surface area contributed by atoms with E-state index in [2.05, 4.69) is 24.8 Å². The van der Waals surface area contributed by atoms with Crippen LogP contribution in [0.4, 0.5) is 5.82 Å². The molecule has 1 amide bonds. The van der Waals surface area contributed by atoms with Crippen LogP contribution in [-0.2, 0) is 11.3 Å².